The molecule has 0 radical (unpaired) electrons. The standard InChI is InChI=1S/C15H15N3O3S/c1-17(10-12-6-8-16-9-7-12)15(19)11-22-14-4-2-13(3-5-14)18(20)21/h2-9H,10-11H2,1H3. The third kappa shape index (κ3) is 4.56. The fraction of sp³-hybridized carbons (Fsp3) is 0.200. The molecule has 1 amide bonds. The zero-order valence-electron chi connectivity index (χ0n) is 12.0. The van der Waals surface area contributed by atoms with E-state index >= 15 is 0 Å². The van der Waals surface area contributed by atoms with Crippen molar-refractivity contribution in [3.8, 4) is 0 Å². The van der Waals surface area contributed by atoms with Gasteiger partial charge in [-0.15, -0.1) is 11.8 Å². The summed E-state index contributed by atoms with van der Waals surface area (Å²) in [6.45, 7) is 0.530. The zero-order valence-corrected chi connectivity index (χ0v) is 12.8. The van der Waals surface area contributed by atoms with Gasteiger partial charge in [0, 0.05) is 43.0 Å². The third-order valence-electron chi connectivity index (χ3n) is 3.00. The van der Waals surface area contributed by atoms with Crippen LogP contribution in [0.2, 0.25) is 0 Å². The zero-order chi connectivity index (χ0) is 15.9. The molecule has 1 heterocycles. The van der Waals surface area contributed by atoms with Gasteiger partial charge in [-0.05, 0) is 29.8 Å². The van der Waals surface area contributed by atoms with Crippen LogP contribution < -0.4 is 0 Å². The number of thioether (sulfide) groups is 1. The monoisotopic (exact) mass is 317 g/mol. The summed E-state index contributed by atoms with van der Waals surface area (Å²) in [5.74, 6) is 0.291. The Hall–Kier alpha value is -2.41. The summed E-state index contributed by atoms with van der Waals surface area (Å²) in [7, 11) is 1.75. The number of nitrogens with zero attached hydrogens (tertiary/aromatic N) is 3. The van der Waals surface area contributed by atoms with Crippen molar-refractivity contribution in [1.29, 1.82) is 0 Å². The number of hydrogen-bond donors (Lipinski definition) is 0. The number of pyridine rings is 1. The maximum atomic E-state index is 12.1. The SMILES string of the molecule is CN(Cc1ccncc1)C(=O)CSc1ccc([N+](=O)[O-])cc1. The Morgan fingerprint density at radius 1 is 1.23 bits per heavy atom. The molecular weight excluding hydrogens is 302 g/mol. The molecule has 0 atom stereocenters. The third-order valence-corrected chi connectivity index (χ3v) is 4.00. The molecule has 2 aromatic rings. The number of carbonyl (C=O) groups is 1. The van der Waals surface area contributed by atoms with Crippen LogP contribution in [-0.4, -0.2) is 33.5 Å². The summed E-state index contributed by atoms with van der Waals surface area (Å²) >= 11 is 1.36. The average molecular weight is 317 g/mol. The summed E-state index contributed by atoms with van der Waals surface area (Å²) in [6, 6.07) is 9.92. The van der Waals surface area contributed by atoms with E-state index in [1.807, 2.05) is 12.1 Å². The Balaban J connectivity index is 1.85. The molecule has 0 saturated carbocycles. The van der Waals surface area contributed by atoms with E-state index in [0.29, 0.717) is 12.3 Å². The molecule has 0 N–H and O–H groups in total. The molecule has 1 aromatic carbocycles. The van der Waals surface area contributed by atoms with E-state index in [1.165, 1.54) is 23.9 Å². The van der Waals surface area contributed by atoms with Crippen molar-refractivity contribution >= 4 is 23.4 Å². The summed E-state index contributed by atoms with van der Waals surface area (Å²) in [4.78, 5) is 28.6. The minimum atomic E-state index is -0.442. The molecule has 7 heteroatoms. The van der Waals surface area contributed by atoms with Gasteiger partial charge in [0.1, 0.15) is 0 Å². The molecule has 114 valence electrons. The number of non-ortho nitro benzene ring substituents is 1. The molecule has 2 rings (SSSR count). The molecule has 0 aliphatic heterocycles. The summed E-state index contributed by atoms with van der Waals surface area (Å²) in [5, 5.41) is 10.6. The van der Waals surface area contributed by atoms with Crippen LogP contribution >= 0.6 is 11.8 Å². The number of nitro benzene ring substituents is 1. The lowest BCUT2D eigenvalue weighted by Gasteiger charge is -2.16. The predicted molar refractivity (Wildman–Crippen MR) is 84.5 cm³/mol. The van der Waals surface area contributed by atoms with E-state index in [1.54, 1.807) is 36.5 Å². The maximum absolute atomic E-state index is 12.1. The lowest BCUT2D eigenvalue weighted by atomic mass is 10.2. The predicted octanol–water partition coefficient (Wildman–Crippen LogP) is 2.74. The molecule has 0 spiro atoms. The molecule has 1 aromatic heterocycles. The highest BCUT2D eigenvalue weighted by Crippen LogP contribution is 2.21. The van der Waals surface area contributed by atoms with Crippen molar-refractivity contribution in [3.63, 3.8) is 0 Å². The second kappa shape index (κ2) is 7.56. The summed E-state index contributed by atoms with van der Waals surface area (Å²) in [6.07, 6.45) is 3.39. The Labute approximate surface area is 132 Å². The number of hydrogen-bond acceptors (Lipinski definition) is 5. The molecular formula is C15H15N3O3S. The van der Waals surface area contributed by atoms with Crippen LogP contribution in [0.15, 0.2) is 53.7 Å². The van der Waals surface area contributed by atoms with Crippen molar-refractivity contribution < 1.29 is 9.72 Å². The van der Waals surface area contributed by atoms with E-state index in [9.17, 15) is 14.9 Å². The Morgan fingerprint density at radius 2 is 1.86 bits per heavy atom. The average Bonchev–Trinajstić information content (AvgIpc) is 2.53. The van der Waals surface area contributed by atoms with E-state index in [2.05, 4.69) is 4.98 Å². The molecule has 0 saturated heterocycles. The highest BCUT2D eigenvalue weighted by atomic mass is 32.2. The van der Waals surface area contributed by atoms with Gasteiger partial charge in [-0.25, -0.2) is 0 Å². The quantitative estimate of drug-likeness (QED) is 0.465. The van der Waals surface area contributed by atoms with Crippen LogP contribution in [0.5, 0.6) is 0 Å². The molecule has 22 heavy (non-hydrogen) atoms. The van der Waals surface area contributed by atoms with Crippen LogP contribution in [-0.2, 0) is 11.3 Å². The molecule has 0 unspecified atom stereocenters. The first-order chi connectivity index (χ1) is 10.6. The molecule has 0 bridgehead atoms. The maximum Gasteiger partial charge on any atom is 0.269 e. The fourth-order valence-corrected chi connectivity index (χ4v) is 2.61. The van der Waals surface area contributed by atoms with Gasteiger partial charge in [0.05, 0.1) is 10.7 Å². The number of nitro groups is 1. The molecule has 6 nitrogen and oxygen atoms in total. The highest BCUT2D eigenvalue weighted by Gasteiger charge is 2.11. The van der Waals surface area contributed by atoms with Crippen LogP contribution in [0, 0.1) is 10.1 Å². The van der Waals surface area contributed by atoms with Gasteiger partial charge in [-0.3, -0.25) is 19.9 Å². The second-order valence-electron chi connectivity index (χ2n) is 4.64. The van der Waals surface area contributed by atoms with Crippen molar-refractivity contribution in [1.82, 2.24) is 9.88 Å². The number of benzene rings is 1. The smallest absolute Gasteiger partial charge is 0.269 e. The van der Waals surface area contributed by atoms with Crippen LogP contribution in [0.1, 0.15) is 5.56 Å². The van der Waals surface area contributed by atoms with Crippen LogP contribution in [0.3, 0.4) is 0 Å². The first-order valence-corrected chi connectivity index (χ1v) is 7.55. The van der Waals surface area contributed by atoms with Gasteiger partial charge < -0.3 is 4.90 Å². The van der Waals surface area contributed by atoms with E-state index < -0.39 is 4.92 Å². The first-order valence-electron chi connectivity index (χ1n) is 6.56. The lowest BCUT2D eigenvalue weighted by molar-refractivity contribution is -0.384. The number of amides is 1. The molecule has 0 aliphatic rings. The molecule has 0 fully saturated rings. The van der Waals surface area contributed by atoms with E-state index in [-0.39, 0.29) is 11.6 Å². The normalized spacial score (nSPS) is 10.2. The Kier molecular flexibility index (Phi) is 5.48. The minimum absolute atomic E-state index is 0.000153. The van der Waals surface area contributed by atoms with Gasteiger partial charge in [-0.1, -0.05) is 0 Å². The van der Waals surface area contributed by atoms with Gasteiger partial charge in [0.2, 0.25) is 5.91 Å². The largest absolute Gasteiger partial charge is 0.341 e. The van der Waals surface area contributed by atoms with Crippen LogP contribution in [0.4, 0.5) is 5.69 Å². The van der Waals surface area contributed by atoms with Gasteiger partial charge in [0.15, 0.2) is 0 Å². The van der Waals surface area contributed by atoms with Crippen LogP contribution in [0.25, 0.3) is 0 Å². The van der Waals surface area contributed by atoms with Crippen molar-refractivity contribution in [2.75, 3.05) is 12.8 Å². The van der Waals surface area contributed by atoms with Gasteiger partial charge in [-0.2, -0.15) is 0 Å². The van der Waals surface area contributed by atoms with E-state index in [4.69, 9.17) is 0 Å². The van der Waals surface area contributed by atoms with Gasteiger partial charge in [0.25, 0.3) is 5.69 Å². The second-order valence-corrected chi connectivity index (χ2v) is 5.69. The number of carbonyl (C=O) groups excluding carboxylic acids is 1. The van der Waals surface area contributed by atoms with E-state index in [0.717, 1.165) is 10.5 Å². The Morgan fingerprint density at radius 3 is 2.45 bits per heavy atom. The topological polar surface area (TPSA) is 76.3 Å². The van der Waals surface area contributed by atoms with Crippen molar-refractivity contribution in [3.05, 3.63) is 64.5 Å². The summed E-state index contributed by atoms with van der Waals surface area (Å²) < 4.78 is 0. The number of rotatable bonds is 6. The Bertz CT molecular complexity index is 647. The van der Waals surface area contributed by atoms with Crippen molar-refractivity contribution in [2.45, 2.75) is 11.4 Å². The molecule has 0 aliphatic carbocycles. The summed E-state index contributed by atoms with van der Waals surface area (Å²) in [5.41, 5.74) is 1.07. The van der Waals surface area contributed by atoms with Crippen molar-refractivity contribution in [2.24, 2.45) is 0 Å². The number of aromatic nitrogens is 1. The first kappa shape index (κ1) is 16.0. The minimum Gasteiger partial charge on any atom is -0.341 e. The van der Waals surface area contributed by atoms with Gasteiger partial charge >= 0.3 is 0 Å². The lowest BCUT2D eigenvalue weighted by Crippen LogP contribution is -2.27. The fourth-order valence-electron chi connectivity index (χ4n) is 1.77. The highest BCUT2D eigenvalue weighted by molar-refractivity contribution is 8.00.